The van der Waals surface area contributed by atoms with Crippen molar-refractivity contribution in [1.29, 1.82) is 5.26 Å². The molecule has 0 spiro atoms. The molecule has 2 heterocycles. The predicted octanol–water partition coefficient (Wildman–Crippen LogP) is 0.182. The fraction of sp³-hybridized carbons (Fsp3) is 0.100. The minimum atomic E-state index is -3.84. The quantitative estimate of drug-likeness (QED) is 0.835. The molecule has 19 heavy (non-hydrogen) atoms. The Labute approximate surface area is 112 Å². The summed E-state index contributed by atoms with van der Waals surface area (Å²) in [5, 5.41) is 10.3. The van der Waals surface area contributed by atoms with Gasteiger partial charge in [-0.3, -0.25) is 4.79 Å². The van der Waals surface area contributed by atoms with Crippen LogP contribution in [0.5, 0.6) is 0 Å². The second-order valence-electron chi connectivity index (χ2n) is 3.46. The molecule has 9 heteroatoms. The molecule has 0 aliphatic heterocycles. The van der Waals surface area contributed by atoms with Crippen molar-refractivity contribution in [2.24, 2.45) is 0 Å². The average molecular weight is 296 g/mol. The number of aromatic nitrogens is 2. The van der Waals surface area contributed by atoms with E-state index in [1.165, 1.54) is 23.7 Å². The van der Waals surface area contributed by atoms with E-state index < -0.39 is 10.0 Å². The first-order valence-corrected chi connectivity index (χ1v) is 7.40. The van der Waals surface area contributed by atoms with Crippen LogP contribution >= 0.6 is 11.3 Å². The third-order valence-corrected chi connectivity index (χ3v) is 4.34. The lowest BCUT2D eigenvalue weighted by Crippen LogP contribution is -2.24. The molecule has 2 aromatic heterocycles. The second kappa shape index (κ2) is 5.31. The van der Waals surface area contributed by atoms with Gasteiger partial charge in [0, 0.05) is 17.3 Å². The van der Waals surface area contributed by atoms with Crippen molar-refractivity contribution < 1.29 is 8.42 Å². The highest BCUT2D eigenvalue weighted by Crippen LogP contribution is 2.12. The van der Waals surface area contributed by atoms with E-state index in [4.69, 9.17) is 5.26 Å². The zero-order valence-electron chi connectivity index (χ0n) is 9.45. The van der Waals surface area contributed by atoms with Gasteiger partial charge in [0.1, 0.15) is 11.0 Å². The largest absolute Gasteiger partial charge is 0.315 e. The van der Waals surface area contributed by atoms with Crippen LogP contribution in [0.25, 0.3) is 0 Å². The van der Waals surface area contributed by atoms with Crippen molar-refractivity contribution in [3.63, 3.8) is 0 Å². The van der Waals surface area contributed by atoms with Gasteiger partial charge in [-0.15, -0.1) is 0 Å². The first-order valence-electron chi connectivity index (χ1n) is 5.04. The highest BCUT2D eigenvalue weighted by molar-refractivity contribution is 7.89. The Morgan fingerprint density at radius 3 is 2.95 bits per heavy atom. The minimum Gasteiger partial charge on any atom is -0.315 e. The zero-order chi connectivity index (χ0) is 13.9. The topological polar surface area (TPSA) is 116 Å². The number of hydrogen-bond donors (Lipinski definition) is 2. The number of sulfonamides is 1. The van der Waals surface area contributed by atoms with Crippen LogP contribution in [0.2, 0.25) is 0 Å². The Bertz CT molecular complexity index is 785. The van der Waals surface area contributed by atoms with E-state index >= 15 is 0 Å². The van der Waals surface area contributed by atoms with Crippen LogP contribution in [-0.2, 0) is 16.6 Å². The number of nitrogens with zero attached hydrogens (tertiary/aromatic N) is 2. The van der Waals surface area contributed by atoms with Crippen molar-refractivity contribution in [1.82, 2.24) is 14.7 Å². The van der Waals surface area contributed by atoms with Crippen LogP contribution in [0.4, 0.5) is 0 Å². The molecule has 0 aromatic carbocycles. The first-order chi connectivity index (χ1) is 9.03. The van der Waals surface area contributed by atoms with E-state index in [2.05, 4.69) is 14.7 Å². The van der Waals surface area contributed by atoms with E-state index in [-0.39, 0.29) is 22.0 Å². The SMILES string of the molecule is N#Cc1ncccc1S(=O)(=O)NCc1csc(=O)[nH]1. The first kappa shape index (κ1) is 13.4. The van der Waals surface area contributed by atoms with E-state index in [9.17, 15) is 13.2 Å². The van der Waals surface area contributed by atoms with Crippen LogP contribution in [0.15, 0.2) is 33.4 Å². The molecule has 0 saturated heterocycles. The van der Waals surface area contributed by atoms with E-state index in [1.807, 2.05) is 0 Å². The number of pyridine rings is 1. The van der Waals surface area contributed by atoms with Crippen LogP contribution in [0.1, 0.15) is 11.4 Å². The maximum absolute atomic E-state index is 12.0. The highest BCUT2D eigenvalue weighted by atomic mass is 32.2. The molecule has 0 radical (unpaired) electrons. The van der Waals surface area contributed by atoms with Crippen LogP contribution < -0.4 is 9.60 Å². The summed E-state index contributed by atoms with van der Waals surface area (Å²) < 4.78 is 26.3. The highest BCUT2D eigenvalue weighted by Gasteiger charge is 2.19. The maximum atomic E-state index is 12.0. The van der Waals surface area contributed by atoms with Crippen molar-refractivity contribution in [2.45, 2.75) is 11.4 Å². The number of nitriles is 1. The molecule has 0 fully saturated rings. The van der Waals surface area contributed by atoms with Crippen LogP contribution in [0.3, 0.4) is 0 Å². The van der Waals surface area contributed by atoms with E-state index in [1.54, 1.807) is 6.07 Å². The number of aromatic amines is 1. The van der Waals surface area contributed by atoms with Gasteiger partial charge in [-0.2, -0.15) is 5.26 Å². The Balaban J connectivity index is 2.24. The summed E-state index contributed by atoms with van der Waals surface area (Å²) in [6.07, 6.45) is 1.34. The Morgan fingerprint density at radius 2 is 2.32 bits per heavy atom. The lowest BCUT2D eigenvalue weighted by molar-refractivity contribution is 0.580. The van der Waals surface area contributed by atoms with Gasteiger partial charge >= 0.3 is 4.87 Å². The smallest absolute Gasteiger partial charge is 0.304 e. The number of H-pyrrole nitrogens is 1. The molecular weight excluding hydrogens is 288 g/mol. The molecule has 2 rings (SSSR count). The van der Waals surface area contributed by atoms with Gasteiger partial charge in [0.05, 0.1) is 6.54 Å². The predicted molar refractivity (Wildman–Crippen MR) is 67.9 cm³/mol. The molecule has 0 aliphatic rings. The Hall–Kier alpha value is -2.02. The van der Waals surface area contributed by atoms with Crippen LogP contribution in [0, 0.1) is 11.3 Å². The third kappa shape index (κ3) is 3.05. The van der Waals surface area contributed by atoms with Crippen molar-refractivity contribution in [3.8, 4) is 6.07 Å². The third-order valence-electron chi connectivity index (χ3n) is 2.19. The average Bonchev–Trinajstić information content (AvgIpc) is 2.82. The van der Waals surface area contributed by atoms with E-state index in [0.29, 0.717) is 5.69 Å². The molecule has 0 bridgehead atoms. The van der Waals surface area contributed by atoms with Gasteiger partial charge in [-0.25, -0.2) is 18.1 Å². The van der Waals surface area contributed by atoms with Gasteiger partial charge in [0.15, 0.2) is 5.69 Å². The fourth-order valence-electron chi connectivity index (χ4n) is 1.34. The van der Waals surface area contributed by atoms with Crippen molar-refractivity contribution in [3.05, 3.63) is 44.8 Å². The molecule has 98 valence electrons. The molecule has 0 unspecified atom stereocenters. The Morgan fingerprint density at radius 1 is 1.53 bits per heavy atom. The van der Waals surface area contributed by atoms with Crippen molar-refractivity contribution in [2.75, 3.05) is 0 Å². The normalized spacial score (nSPS) is 11.1. The standard InChI is InChI=1S/C10H8N4O3S2/c11-4-8-9(2-1-3-12-8)19(16,17)13-5-7-6-18-10(15)14-7/h1-3,6,13H,5H2,(H,14,15). The van der Waals surface area contributed by atoms with Crippen LogP contribution in [-0.4, -0.2) is 18.4 Å². The Kier molecular flexibility index (Phi) is 3.75. The summed E-state index contributed by atoms with van der Waals surface area (Å²) in [4.78, 5) is 16.6. The summed E-state index contributed by atoms with van der Waals surface area (Å²) in [5.74, 6) is 0. The summed E-state index contributed by atoms with van der Waals surface area (Å²) in [6, 6.07) is 4.45. The van der Waals surface area contributed by atoms with Gasteiger partial charge in [0.25, 0.3) is 0 Å². The number of hydrogen-bond acceptors (Lipinski definition) is 6. The van der Waals surface area contributed by atoms with E-state index in [0.717, 1.165) is 11.3 Å². The second-order valence-corrected chi connectivity index (χ2v) is 6.04. The number of nitrogens with one attached hydrogen (secondary N) is 2. The molecule has 7 nitrogen and oxygen atoms in total. The lowest BCUT2D eigenvalue weighted by atomic mass is 10.4. The number of rotatable bonds is 4. The fourth-order valence-corrected chi connectivity index (χ4v) is 3.04. The lowest BCUT2D eigenvalue weighted by Gasteiger charge is -2.06. The van der Waals surface area contributed by atoms with Gasteiger partial charge in [0.2, 0.25) is 10.0 Å². The molecule has 0 amide bonds. The molecule has 0 aliphatic carbocycles. The monoisotopic (exact) mass is 296 g/mol. The van der Waals surface area contributed by atoms with Gasteiger partial charge in [-0.05, 0) is 12.1 Å². The molecule has 0 atom stereocenters. The number of thiazole rings is 1. The summed E-state index contributed by atoms with van der Waals surface area (Å²) in [6.45, 7) is -0.0547. The molecule has 0 saturated carbocycles. The molecule has 2 aromatic rings. The van der Waals surface area contributed by atoms with Gasteiger partial charge in [-0.1, -0.05) is 11.3 Å². The summed E-state index contributed by atoms with van der Waals surface area (Å²) in [5.41, 5.74) is 0.287. The summed E-state index contributed by atoms with van der Waals surface area (Å²) in [7, 11) is -3.84. The zero-order valence-corrected chi connectivity index (χ0v) is 11.1. The van der Waals surface area contributed by atoms with Gasteiger partial charge < -0.3 is 4.98 Å². The molecular formula is C10H8N4O3S2. The van der Waals surface area contributed by atoms with Crippen molar-refractivity contribution >= 4 is 21.4 Å². The summed E-state index contributed by atoms with van der Waals surface area (Å²) >= 11 is 0.948. The maximum Gasteiger partial charge on any atom is 0.304 e. The minimum absolute atomic E-state index is 0.0547. The molecule has 2 N–H and O–H groups in total.